The van der Waals surface area contributed by atoms with Crippen molar-refractivity contribution in [3.63, 3.8) is 0 Å². The molecule has 2 amide bonds. The number of nitrogen functional groups attached to an aromatic ring is 1. The minimum Gasteiger partial charge on any atom is -0.399 e. The number of carbonyl (C=O) groups excluding carboxylic acids is 2. The lowest BCUT2D eigenvalue weighted by atomic mass is 9.56. The number of amides is 2. The molecule has 1 aliphatic rings. The van der Waals surface area contributed by atoms with Crippen LogP contribution in [0.15, 0.2) is 24.3 Å². The molecule has 1 fully saturated rings. The summed E-state index contributed by atoms with van der Waals surface area (Å²) in [5.74, 6) is -0.652. The van der Waals surface area contributed by atoms with Gasteiger partial charge >= 0.3 is 0 Å². The molecule has 1 heterocycles. The number of imide groups is 1. The normalized spacial score (nSPS) is 20.4. The maximum Gasteiger partial charge on any atom is 0.226 e. The van der Waals surface area contributed by atoms with E-state index in [1.165, 1.54) is 0 Å². The molecule has 1 radical (unpaired) electrons. The number of carbonyl (C=O) groups is 2. The van der Waals surface area contributed by atoms with Crippen LogP contribution in [0.1, 0.15) is 12.8 Å². The van der Waals surface area contributed by atoms with E-state index < -0.39 is 0 Å². The molecule has 1 unspecified atom stereocenters. The maximum atomic E-state index is 11.5. The molecule has 1 saturated heterocycles. The monoisotopic (exact) mass is 215 g/mol. The second-order valence-electron chi connectivity index (χ2n) is 3.89. The SMILES string of the molecule is Nc1cccc([B]C2CCC(=O)NC2=O)c1. The highest BCUT2D eigenvalue weighted by atomic mass is 16.2. The third kappa shape index (κ3) is 2.42. The molecule has 1 aromatic rings. The molecule has 0 spiro atoms. The van der Waals surface area contributed by atoms with Crippen molar-refractivity contribution in [2.75, 3.05) is 5.73 Å². The molecule has 0 saturated carbocycles. The molecule has 0 aromatic heterocycles. The van der Waals surface area contributed by atoms with Crippen LogP contribution >= 0.6 is 0 Å². The minimum absolute atomic E-state index is 0.192. The summed E-state index contributed by atoms with van der Waals surface area (Å²) in [4.78, 5) is 22.5. The molecule has 1 aromatic carbocycles. The second-order valence-corrected chi connectivity index (χ2v) is 3.89. The van der Waals surface area contributed by atoms with Crippen LogP contribution in [-0.4, -0.2) is 19.1 Å². The highest BCUT2D eigenvalue weighted by Gasteiger charge is 2.27. The van der Waals surface area contributed by atoms with Crippen LogP contribution in [0.5, 0.6) is 0 Å². The molecular weight excluding hydrogens is 203 g/mol. The van der Waals surface area contributed by atoms with Crippen LogP contribution < -0.4 is 16.5 Å². The van der Waals surface area contributed by atoms with E-state index >= 15 is 0 Å². The molecular formula is C11H12BN2O2. The topological polar surface area (TPSA) is 72.2 Å². The van der Waals surface area contributed by atoms with E-state index in [4.69, 9.17) is 5.73 Å². The summed E-state index contributed by atoms with van der Waals surface area (Å²) in [7, 11) is 1.85. The molecule has 3 N–H and O–H groups in total. The fourth-order valence-electron chi connectivity index (χ4n) is 1.76. The highest BCUT2D eigenvalue weighted by molar-refractivity contribution is 6.59. The second kappa shape index (κ2) is 4.39. The number of nitrogens with one attached hydrogen (secondary N) is 1. The predicted octanol–water partition coefficient (Wildman–Crippen LogP) is -0.177. The number of piperidine rings is 1. The predicted molar refractivity (Wildman–Crippen MR) is 62.4 cm³/mol. The highest BCUT2D eigenvalue weighted by Crippen LogP contribution is 2.16. The van der Waals surface area contributed by atoms with Crippen molar-refractivity contribution in [2.24, 2.45) is 0 Å². The fraction of sp³-hybridized carbons (Fsp3) is 0.273. The van der Waals surface area contributed by atoms with Gasteiger partial charge in [0.2, 0.25) is 11.8 Å². The van der Waals surface area contributed by atoms with Gasteiger partial charge in [-0.2, -0.15) is 0 Å². The van der Waals surface area contributed by atoms with Gasteiger partial charge in [0.25, 0.3) is 0 Å². The Balaban J connectivity index is 2.05. The van der Waals surface area contributed by atoms with E-state index in [-0.39, 0.29) is 17.6 Å². The zero-order valence-electron chi connectivity index (χ0n) is 8.77. The summed E-state index contributed by atoms with van der Waals surface area (Å²) in [6.45, 7) is 0. The van der Waals surface area contributed by atoms with Crippen molar-refractivity contribution in [3.05, 3.63) is 24.3 Å². The third-order valence-corrected chi connectivity index (χ3v) is 2.59. The zero-order valence-corrected chi connectivity index (χ0v) is 8.77. The summed E-state index contributed by atoms with van der Waals surface area (Å²) in [6.07, 6.45) is 0.967. The first kappa shape index (κ1) is 10.7. The number of anilines is 1. The Bertz CT molecular complexity index is 434. The first-order valence-electron chi connectivity index (χ1n) is 5.19. The maximum absolute atomic E-state index is 11.5. The first-order valence-corrected chi connectivity index (χ1v) is 5.19. The van der Waals surface area contributed by atoms with Crippen LogP contribution in [0.2, 0.25) is 5.82 Å². The van der Waals surface area contributed by atoms with E-state index in [9.17, 15) is 9.59 Å². The Hall–Kier alpha value is -1.78. The van der Waals surface area contributed by atoms with Crippen LogP contribution in [-0.2, 0) is 9.59 Å². The van der Waals surface area contributed by atoms with Gasteiger partial charge in [-0.05, 0) is 18.6 Å². The molecule has 0 aliphatic carbocycles. The Morgan fingerprint density at radius 2 is 2.19 bits per heavy atom. The number of nitrogens with two attached hydrogens (primary N) is 1. The van der Waals surface area contributed by atoms with Crippen molar-refractivity contribution in [2.45, 2.75) is 18.7 Å². The van der Waals surface area contributed by atoms with E-state index in [0.717, 1.165) is 5.46 Å². The molecule has 1 atom stereocenters. The van der Waals surface area contributed by atoms with Gasteiger partial charge in [0.05, 0.1) is 0 Å². The number of rotatable bonds is 2. The van der Waals surface area contributed by atoms with Crippen LogP contribution in [0.25, 0.3) is 0 Å². The Morgan fingerprint density at radius 3 is 2.88 bits per heavy atom. The van der Waals surface area contributed by atoms with Crippen molar-refractivity contribution in [1.82, 2.24) is 5.32 Å². The minimum atomic E-state index is -0.237. The Kier molecular flexibility index (Phi) is 2.94. The van der Waals surface area contributed by atoms with Gasteiger partial charge in [-0.25, -0.2) is 0 Å². The number of hydrogen-bond donors (Lipinski definition) is 2. The molecule has 2 rings (SSSR count). The molecule has 0 bridgehead atoms. The van der Waals surface area contributed by atoms with Crippen LogP contribution in [0, 0.1) is 0 Å². The molecule has 5 heteroatoms. The molecule has 81 valence electrons. The average molecular weight is 215 g/mol. The lowest BCUT2D eigenvalue weighted by molar-refractivity contribution is -0.132. The smallest absolute Gasteiger partial charge is 0.226 e. The van der Waals surface area contributed by atoms with Gasteiger partial charge in [-0.15, -0.1) is 0 Å². The summed E-state index contributed by atoms with van der Waals surface area (Å²) in [5.41, 5.74) is 7.22. The van der Waals surface area contributed by atoms with Crippen molar-refractivity contribution in [1.29, 1.82) is 0 Å². The standard InChI is InChI=1S/C11H12BN2O2/c13-8-3-1-2-7(6-8)12-9-4-5-10(15)14-11(9)16/h1-3,6,9H,4-5,13H2,(H,14,15,16). The van der Waals surface area contributed by atoms with Gasteiger partial charge in [-0.1, -0.05) is 17.6 Å². The van der Waals surface area contributed by atoms with Crippen molar-refractivity contribution >= 4 is 30.2 Å². The largest absolute Gasteiger partial charge is 0.399 e. The van der Waals surface area contributed by atoms with Gasteiger partial charge in [-0.3, -0.25) is 14.9 Å². The summed E-state index contributed by atoms with van der Waals surface area (Å²) in [5, 5.41) is 2.32. The van der Waals surface area contributed by atoms with Crippen molar-refractivity contribution < 1.29 is 9.59 Å². The average Bonchev–Trinajstić information content (AvgIpc) is 2.22. The van der Waals surface area contributed by atoms with E-state index in [0.29, 0.717) is 18.5 Å². The van der Waals surface area contributed by atoms with Crippen LogP contribution in [0.4, 0.5) is 5.69 Å². The van der Waals surface area contributed by atoms with Crippen molar-refractivity contribution in [3.8, 4) is 0 Å². The van der Waals surface area contributed by atoms with Gasteiger partial charge < -0.3 is 5.73 Å². The van der Waals surface area contributed by atoms with Crippen LogP contribution in [0.3, 0.4) is 0 Å². The lowest BCUT2D eigenvalue weighted by Gasteiger charge is -2.20. The quantitative estimate of drug-likeness (QED) is 0.408. The molecule has 16 heavy (non-hydrogen) atoms. The third-order valence-electron chi connectivity index (χ3n) is 2.59. The van der Waals surface area contributed by atoms with E-state index in [1.54, 1.807) is 6.07 Å². The fourth-order valence-corrected chi connectivity index (χ4v) is 1.76. The van der Waals surface area contributed by atoms with E-state index in [1.807, 2.05) is 25.5 Å². The lowest BCUT2D eigenvalue weighted by Crippen LogP contribution is -2.42. The van der Waals surface area contributed by atoms with E-state index in [2.05, 4.69) is 5.32 Å². The number of benzene rings is 1. The number of hydrogen-bond acceptors (Lipinski definition) is 3. The summed E-state index contributed by atoms with van der Waals surface area (Å²) >= 11 is 0. The molecule has 4 nitrogen and oxygen atoms in total. The Labute approximate surface area is 94.5 Å². The van der Waals surface area contributed by atoms with Gasteiger partial charge in [0, 0.05) is 17.9 Å². The zero-order chi connectivity index (χ0) is 11.5. The first-order chi connectivity index (χ1) is 7.65. The van der Waals surface area contributed by atoms with Gasteiger partial charge in [0.1, 0.15) is 0 Å². The summed E-state index contributed by atoms with van der Waals surface area (Å²) in [6, 6.07) is 7.33. The summed E-state index contributed by atoms with van der Waals surface area (Å²) < 4.78 is 0. The van der Waals surface area contributed by atoms with Gasteiger partial charge in [0.15, 0.2) is 7.28 Å². The molecule has 1 aliphatic heterocycles. The Morgan fingerprint density at radius 1 is 1.38 bits per heavy atom.